The molecule has 3 rings (SSSR count). The van der Waals surface area contributed by atoms with E-state index in [-0.39, 0.29) is 5.91 Å². The minimum atomic E-state index is 0.00982. The van der Waals surface area contributed by atoms with Crippen molar-refractivity contribution in [1.82, 2.24) is 4.98 Å². The van der Waals surface area contributed by atoms with Crippen LogP contribution in [-0.4, -0.2) is 17.4 Å². The van der Waals surface area contributed by atoms with Gasteiger partial charge in [0.1, 0.15) is 0 Å². The third kappa shape index (κ3) is 2.40. The lowest BCUT2D eigenvalue weighted by molar-refractivity contribution is -0.114. The van der Waals surface area contributed by atoms with E-state index >= 15 is 0 Å². The first-order valence-corrected chi connectivity index (χ1v) is 6.33. The number of aromatic nitrogens is 1. The molecule has 0 unspecified atom stereocenters. The van der Waals surface area contributed by atoms with Crippen molar-refractivity contribution in [2.24, 2.45) is 0 Å². The van der Waals surface area contributed by atoms with Crippen molar-refractivity contribution in [3.05, 3.63) is 66.0 Å². The van der Waals surface area contributed by atoms with Gasteiger partial charge in [0.2, 0.25) is 0 Å². The Hall–Kier alpha value is -2.42. The highest BCUT2D eigenvalue weighted by molar-refractivity contribution is 6.05. The molecule has 0 N–H and O–H groups in total. The molecule has 0 saturated heterocycles. The van der Waals surface area contributed by atoms with Crippen LogP contribution in [0.4, 0.5) is 5.69 Å². The average molecular weight is 250 g/mol. The molecule has 0 bridgehead atoms. The van der Waals surface area contributed by atoms with Gasteiger partial charge in [0.25, 0.3) is 5.91 Å². The molecule has 0 saturated carbocycles. The Labute approximate surface area is 112 Å². The summed E-state index contributed by atoms with van der Waals surface area (Å²) in [5.74, 6) is 0.00982. The second-order valence-electron chi connectivity index (χ2n) is 4.46. The predicted molar refractivity (Wildman–Crippen MR) is 75.8 cm³/mol. The van der Waals surface area contributed by atoms with Crippen LogP contribution in [-0.2, 0) is 11.2 Å². The molecule has 0 atom stereocenters. The highest BCUT2D eigenvalue weighted by Gasteiger charge is 2.22. The van der Waals surface area contributed by atoms with Crippen molar-refractivity contribution in [2.75, 3.05) is 11.4 Å². The van der Waals surface area contributed by atoms with Crippen molar-refractivity contribution < 1.29 is 4.79 Å². The van der Waals surface area contributed by atoms with Gasteiger partial charge >= 0.3 is 0 Å². The third-order valence-electron chi connectivity index (χ3n) is 3.24. The Kier molecular flexibility index (Phi) is 3.11. The van der Waals surface area contributed by atoms with E-state index in [1.807, 2.05) is 41.3 Å². The second-order valence-corrected chi connectivity index (χ2v) is 4.46. The van der Waals surface area contributed by atoms with Crippen LogP contribution in [0.25, 0.3) is 6.08 Å². The molecular weight excluding hydrogens is 236 g/mol. The minimum Gasteiger partial charge on any atom is -0.308 e. The summed E-state index contributed by atoms with van der Waals surface area (Å²) < 4.78 is 0. The SMILES string of the molecule is O=C(/C=C/c1ccccn1)N1CCc2ccccc21. The molecule has 0 spiro atoms. The number of anilines is 1. The normalized spacial score (nSPS) is 13.8. The van der Waals surface area contributed by atoms with E-state index in [4.69, 9.17) is 0 Å². The quantitative estimate of drug-likeness (QED) is 0.768. The fraction of sp³-hybridized carbons (Fsp3) is 0.125. The summed E-state index contributed by atoms with van der Waals surface area (Å²) in [5.41, 5.74) is 3.06. The van der Waals surface area contributed by atoms with Crippen LogP contribution in [0.1, 0.15) is 11.3 Å². The lowest BCUT2D eigenvalue weighted by Crippen LogP contribution is -2.26. The van der Waals surface area contributed by atoms with Gasteiger partial charge in [0.05, 0.1) is 5.69 Å². The van der Waals surface area contributed by atoms with E-state index in [9.17, 15) is 4.79 Å². The van der Waals surface area contributed by atoms with Gasteiger partial charge in [-0.3, -0.25) is 9.78 Å². The van der Waals surface area contributed by atoms with E-state index in [1.165, 1.54) is 5.56 Å². The number of pyridine rings is 1. The minimum absolute atomic E-state index is 0.00982. The number of para-hydroxylation sites is 1. The molecule has 3 nitrogen and oxygen atoms in total. The summed E-state index contributed by atoms with van der Waals surface area (Å²) in [7, 11) is 0. The van der Waals surface area contributed by atoms with Gasteiger partial charge in [-0.25, -0.2) is 0 Å². The zero-order valence-corrected chi connectivity index (χ0v) is 10.5. The lowest BCUT2D eigenvalue weighted by Gasteiger charge is -2.14. The van der Waals surface area contributed by atoms with Gasteiger partial charge in [0.15, 0.2) is 0 Å². The Morgan fingerprint density at radius 3 is 2.84 bits per heavy atom. The molecule has 0 fully saturated rings. The number of nitrogens with zero attached hydrogens (tertiary/aromatic N) is 2. The summed E-state index contributed by atoms with van der Waals surface area (Å²) in [6.07, 6.45) is 5.99. The third-order valence-corrected chi connectivity index (χ3v) is 3.24. The van der Waals surface area contributed by atoms with E-state index in [0.717, 1.165) is 24.3 Å². The van der Waals surface area contributed by atoms with Crippen molar-refractivity contribution in [2.45, 2.75) is 6.42 Å². The molecule has 19 heavy (non-hydrogen) atoms. The zero-order valence-electron chi connectivity index (χ0n) is 10.5. The standard InChI is InChI=1S/C16H14N2O/c19-16(9-8-14-6-3-4-11-17-14)18-12-10-13-5-1-2-7-15(13)18/h1-9,11H,10,12H2/b9-8+. The van der Waals surface area contributed by atoms with Crippen LogP contribution in [0.2, 0.25) is 0 Å². The molecule has 0 radical (unpaired) electrons. The average Bonchev–Trinajstić information content (AvgIpc) is 2.90. The maximum Gasteiger partial charge on any atom is 0.251 e. The van der Waals surface area contributed by atoms with Crippen LogP contribution < -0.4 is 4.90 Å². The molecule has 1 amide bonds. The number of benzene rings is 1. The summed E-state index contributed by atoms with van der Waals surface area (Å²) in [6.45, 7) is 0.755. The lowest BCUT2D eigenvalue weighted by atomic mass is 10.2. The van der Waals surface area contributed by atoms with Gasteiger partial charge < -0.3 is 4.90 Å². The predicted octanol–water partition coefficient (Wildman–Crippen LogP) is 2.68. The maximum atomic E-state index is 12.2. The molecule has 1 aromatic carbocycles. The molecule has 1 aliphatic rings. The van der Waals surface area contributed by atoms with E-state index < -0.39 is 0 Å². The van der Waals surface area contributed by atoms with Gasteiger partial charge in [-0.2, -0.15) is 0 Å². The van der Waals surface area contributed by atoms with Gasteiger partial charge in [-0.05, 0) is 36.3 Å². The van der Waals surface area contributed by atoms with Crippen LogP contribution in [0, 0.1) is 0 Å². The molecule has 0 aliphatic carbocycles. The van der Waals surface area contributed by atoms with Gasteiger partial charge in [-0.1, -0.05) is 24.3 Å². The van der Waals surface area contributed by atoms with Crippen molar-refractivity contribution in [3.63, 3.8) is 0 Å². The second kappa shape index (κ2) is 5.06. The summed E-state index contributed by atoms with van der Waals surface area (Å²) in [4.78, 5) is 18.2. The first-order chi connectivity index (χ1) is 9.34. The van der Waals surface area contributed by atoms with Crippen molar-refractivity contribution in [1.29, 1.82) is 0 Å². The molecule has 2 heterocycles. The molecule has 94 valence electrons. The molecule has 2 aromatic rings. The first-order valence-electron chi connectivity index (χ1n) is 6.33. The number of rotatable bonds is 2. The Morgan fingerprint density at radius 2 is 2.00 bits per heavy atom. The fourth-order valence-electron chi connectivity index (χ4n) is 2.29. The largest absolute Gasteiger partial charge is 0.308 e. The van der Waals surface area contributed by atoms with E-state index in [0.29, 0.717) is 0 Å². The highest BCUT2D eigenvalue weighted by Crippen LogP contribution is 2.27. The van der Waals surface area contributed by atoms with E-state index in [2.05, 4.69) is 11.1 Å². The van der Waals surface area contributed by atoms with Crippen LogP contribution in [0.3, 0.4) is 0 Å². The molecule has 1 aromatic heterocycles. The Morgan fingerprint density at radius 1 is 1.16 bits per heavy atom. The number of hydrogen-bond donors (Lipinski definition) is 0. The Balaban J connectivity index is 1.78. The Bertz CT molecular complexity index is 620. The van der Waals surface area contributed by atoms with Crippen LogP contribution in [0.15, 0.2) is 54.7 Å². The van der Waals surface area contributed by atoms with Crippen LogP contribution in [0.5, 0.6) is 0 Å². The van der Waals surface area contributed by atoms with Crippen molar-refractivity contribution >= 4 is 17.7 Å². The first kappa shape index (κ1) is 11.7. The number of hydrogen-bond acceptors (Lipinski definition) is 2. The number of amides is 1. The molecular formula is C16H14N2O. The fourth-order valence-corrected chi connectivity index (χ4v) is 2.29. The summed E-state index contributed by atoms with van der Waals surface area (Å²) >= 11 is 0. The topological polar surface area (TPSA) is 33.2 Å². The zero-order chi connectivity index (χ0) is 13.1. The van der Waals surface area contributed by atoms with Gasteiger partial charge in [0, 0.05) is 24.5 Å². The number of carbonyl (C=O) groups is 1. The molecule has 3 heteroatoms. The van der Waals surface area contributed by atoms with Gasteiger partial charge in [-0.15, -0.1) is 0 Å². The summed E-state index contributed by atoms with van der Waals surface area (Å²) in [6, 6.07) is 13.7. The van der Waals surface area contributed by atoms with E-state index in [1.54, 1.807) is 18.3 Å². The highest BCUT2D eigenvalue weighted by atomic mass is 16.2. The number of carbonyl (C=O) groups excluding carboxylic acids is 1. The van der Waals surface area contributed by atoms with Crippen LogP contribution >= 0.6 is 0 Å². The maximum absolute atomic E-state index is 12.2. The monoisotopic (exact) mass is 250 g/mol. The number of fused-ring (bicyclic) bond motifs is 1. The molecule has 1 aliphatic heterocycles. The summed E-state index contributed by atoms with van der Waals surface area (Å²) in [5, 5.41) is 0. The van der Waals surface area contributed by atoms with Crippen molar-refractivity contribution in [3.8, 4) is 0 Å². The smallest absolute Gasteiger partial charge is 0.251 e.